The average Bonchev–Trinajstić information content (AvgIpc) is 2.72. The molecule has 7 nitrogen and oxygen atoms in total. The van der Waals surface area contributed by atoms with Crippen molar-refractivity contribution in [3.8, 4) is 5.75 Å². The number of aromatic nitrogens is 1. The minimum atomic E-state index is -0.154. The van der Waals surface area contributed by atoms with Crippen molar-refractivity contribution in [3.05, 3.63) is 54.6 Å². The number of para-hydroxylation sites is 2. The molecule has 1 aliphatic rings. The molecule has 0 fully saturated rings. The van der Waals surface area contributed by atoms with Crippen molar-refractivity contribution in [2.45, 2.75) is 6.42 Å². The first-order chi connectivity index (χ1) is 14.0. The third kappa shape index (κ3) is 3.99. The molecular weight excluding hydrogens is 368 g/mol. The van der Waals surface area contributed by atoms with E-state index in [4.69, 9.17) is 4.74 Å². The molecule has 0 unspecified atom stereocenters. The number of hydrogen-bond acceptors (Lipinski definition) is 5. The van der Waals surface area contributed by atoms with Gasteiger partial charge >= 0.3 is 0 Å². The summed E-state index contributed by atoms with van der Waals surface area (Å²) in [6.45, 7) is 0.289. The number of ether oxygens (including phenoxy) is 1. The number of nitrogens with zero attached hydrogens (tertiary/aromatic N) is 3. The first kappa shape index (κ1) is 18.7. The molecule has 0 aliphatic carbocycles. The van der Waals surface area contributed by atoms with Crippen molar-refractivity contribution in [2.24, 2.45) is 0 Å². The van der Waals surface area contributed by atoms with E-state index in [1.807, 2.05) is 73.6 Å². The van der Waals surface area contributed by atoms with Gasteiger partial charge in [-0.25, -0.2) is 4.98 Å². The Kier molecular flexibility index (Phi) is 5.03. The summed E-state index contributed by atoms with van der Waals surface area (Å²) in [6.07, 6.45) is 0.190. The Morgan fingerprint density at radius 2 is 2.00 bits per heavy atom. The minimum Gasteiger partial charge on any atom is -0.482 e. The molecular formula is C22H22N4O3. The number of carbonyl (C=O) groups is 2. The van der Waals surface area contributed by atoms with E-state index in [1.165, 1.54) is 0 Å². The summed E-state index contributed by atoms with van der Waals surface area (Å²) >= 11 is 0. The normalized spacial score (nSPS) is 13.0. The molecule has 2 aromatic carbocycles. The molecule has 1 aromatic heterocycles. The van der Waals surface area contributed by atoms with E-state index in [2.05, 4.69) is 10.3 Å². The van der Waals surface area contributed by atoms with Crippen molar-refractivity contribution < 1.29 is 14.3 Å². The number of amides is 2. The Labute approximate surface area is 168 Å². The second-order valence-corrected chi connectivity index (χ2v) is 7.07. The fourth-order valence-corrected chi connectivity index (χ4v) is 3.28. The van der Waals surface area contributed by atoms with E-state index >= 15 is 0 Å². The van der Waals surface area contributed by atoms with Crippen LogP contribution in [-0.4, -0.2) is 44.0 Å². The van der Waals surface area contributed by atoms with Crippen LogP contribution in [0.5, 0.6) is 5.75 Å². The van der Waals surface area contributed by atoms with E-state index in [9.17, 15) is 9.59 Å². The predicted molar refractivity (Wildman–Crippen MR) is 114 cm³/mol. The summed E-state index contributed by atoms with van der Waals surface area (Å²) < 4.78 is 5.43. The SMILES string of the molecule is CN(C)c1ccc2cc(NC(=O)CCN3C(=O)COc4ccccc43)ccc2n1. The predicted octanol–water partition coefficient (Wildman–Crippen LogP) is 3.06. The van der Waals surface area contributed by atoms with Gasteiger partial charge in [0.1, 0.15) is 11.6 Å². The lowest BCUT2D eigenvalue weighted by atomic mass is 10.2. The van der Waals surface area contributed by atoms with Crippen LogP contribution in [0.4, 0.5) is 17.2 Å². The van der Waals surface area contributed by atoms with Crippen LogP contribution in [0.25, 0.3) is 10.9 Å². The van der Waals surface area contributed by atoms with Crippen LogP contribution in [0.3, 0.4) is 0 Å². The number of hydrogen-bond donors (Lipinski definition) is 1. The number of rotatable bonds is 5. The highest BCUT2D eigenvalue weighted by Crippen LogP contribution is 2.31. The molecule has 0 bridgehead atoms. The number of nitrogens with one attached hydrogen (secondary N) is 1. The number of pyridine rings is 1. The first-order valence-corrected chi connectivity index (χ1v) is 9.41. The lowest BCUT2D eigenvalue weighted by Crippen LogP contribution is -2.40. The Bertz CT molecular complexity index is 1080. The van der Waals surface area contributed by atoms with Gasteiger partial charge < -0.3 is 19.9 Å². The van der Waals surface area contributed by atoms with Gasteiger partial charge in [-0.05, 0) is 42.5 Å². The van der Waals surface area contributed by atoms with Gasteiger partial charge in [0.25, 0.3) is 5.91 Å². The first-order valence-electron chi connectivity index (χ1n) is 9.41. The number of benzene rings is 2. The lowest BCUT2D eigenvalue weighted by Gasteiger charge is -2.29. The summed E-state index contributed by atoms with van der Waals surface area (Å²) in [5, 5.41) is 3.85. The largest absolute Gasteiger partial charge is 0.482 e. The van der Waals surface area contributed by atoms with Crippen LogP contribution in [0.2, 0.25) is 0 Å². The summed E-state index contributed by atoms with van der Waals surface area (Å²) in [6, 6.07) is 16.9. The van der Waals surface area contributed by atoms with Crippen LogP contribution in [0.1, 0.15) is 6.42 Å². The van der Waals surface area contributed by atoms with Crippen molar-refractivity contribution in [2.75, 3.05) is 42.4 Å². The molecule has 2 amide bonds. The van der Waals surface area contributed by atoms with E-state index in [0.717, 1.165) is 16.7 Å². The molecule has 29 heavy (non-hydrogen) atoms. The number of anilines is 3. The van der Waals surface area contributed by atoms with E-state index in [0.29, 0.717) is 23.7 Å². The van der Waals surface area contributed by atoms with E-state index in [-0.39, 0.29) is 24.8 Å². The molecule has 4 rings (SSSR count). The average molecular weight is 390 g/mol. The molecule has 1 aliphatic heterocycles. The van der Waals surface area contributed by atoms with Gasteiger partial charge in [-0.1, -0.05) is 12.1 Å². The molecule has 1 N–H and O–H groups in total. The second-order valence-electron chi connectivity index (χ2n) is 7.07. The van der Waals surface area contributed by atoms with Crippen LogP contribution in [0, 0.1) is 0 Å². The highest BCUT2D eigenvalue weighted by atomic mass is 16.5. The molecule has 7 heteroatoms. The highest BCUT2D eigenvalue weighted by Gasteiger charge is 2.25. The Hall–Kier alpha value is -3.61. The summed E-state index contributed by atoms with van der Waals surface area (Å²) in [5.41, 5.74) is 2.27. The molecule has 0 radical (unpaired) electrons. The van der Waals surface area contributed by atoms with E-state index < -0.39 is 0 Å². The highest BCUT2D eigenvalue weighted by molar-refractivity contribution is 5.99. The fourth-order valence-electron chi connectivity index (χ4n) is 3.28. The van der Waals surface area contributed by atoms with Crippen LogP contribution in [0.15, 0.2) is 54.6 Å². The maximum atomic E-state index is 12.5. The van der Waals surface area contributed by atoms with Gasteiger partial charge in [0.2, 0.25) is 5.91 Å². The standard InChI is InChI=1S/C22H22N4O3/c1-25(2)20-10-7-15-13-16(8-9-17(15)24-20)23-21(27)11-12-26-18-5-3-4-6-19(18)29-14-22(26)28/h3-10,13H,11-12,14H2,1-2H3,(H,23,27). The molecule has 0 saturated heterocycles. The molecule has 0 atom stereocenters. The maximum absolute atomic E-state index is 12.5. The number of fused-ring (bicyclic) bond motifs is 2. The van der Waals surface area contributed by atoms with Gasteiger partial charge in [0, 0.05) is 38.1 Å². The lowest BCUT2D eigenvalue weighted by molar-refractivity contribution is -0.121. The number of carbonyl (C=O) groups excluding carboxylic acids is 2. The minimum absolute atomic E-state index is 0.00869. The Balaban J connectivity index is 1.42. The summed E-state index contributed by atoms with van der Waals surface area (Å²) in [7, 11) is 3.89. The van der Waals surface area contributed by atoms with Gasteiger partial charge in [-0.2, -0.15) is 0 Å². The smallest absolute Gasteiger partial charge is 0.265 e. The topological polar surface area (TPSA) is 74.8 Å². The van der Waals surface area contributed by atoms with Crippen molar-refractivity contribution in [1.29, 1.82) is 0 Å². The van der Waals surface area contributed by atoms with Gasteiger partial charge in [-0.15, -0.1) is 0 Å². The van der Waals surface area contributed by atoms with Crippen LogP contribution in [-0.2, 0) is 9.59 Å². The van der Waals surface area contributed by atoms with Crippen molar-refractivity contribution in [3.63, 3.8) is 0 Å². The zero-order chi connectivity index (χ0) is 20.4. The molecule has 2 heterocycles. The Morgan fingerprint density at radius 3 is 2.83 bits per heavy atom. The molecule has 0 spiro atoms. The van der Waals surface area contributed by atoms with Crippen LogP contribution < -0.4 is 19.9 Å². The third-order valence-corrected chi connectivity index (χ3v) is 4.79. The van der Waals surface area contributed by atoms with Crippen molar-refractivity contribution in [1.82, 2.24) is 4.98 Å². The monoisotopic (exact) mass is 390 g/mol. The van der Waals surface area contributed by atoms with Gasteiger partial charge in [0.15, 0.2) is 6.61 Å². The third-order valence-electron chi connectivity index (χ3n) is 4.79. The molecule has 148 valence electrons. The maximum Gasteiger partial charge on any atom is 0.265 e. The van der Waals surface area contributed by atoms with Crippen molar-refractivity contribution >= 4 is 39.9 Å². The van der Waals surface area contributed by atoms with E-state index in [1.54, 1.807) is 4.90 Å². The van der Waals surface area contributed by atoms with Gasteiger partial charge in [0.05, 0.1) is 11.2 Å². The quantitative estimate of drug-likeness (QED) is 0.725. The zero-order valence-electron chi connectivity index (χ0n) is 16.4. The zero-order valence-corrected chi connectivity index (χ0v) is 16.4. The summed E-state index contributed by atoms with van der Waals surface area (Å²) in [4.78, 5) is 32.8. The summed E-state index contributed by atoms with van der Waals surface area (Å²) in [5.74, 6) is 1.24. The molecule has 0 saturated carbocycles. The molecule has 3 aromatic rings. The Morgan fingerprint density at radius 1 is 1.17 bits per heavy atom. The second kappa shape index (κ2) is 7.79. The van der Waals surface area contributed by atoms with Gasteiger partial charge in [-0.3, -0.25) is 9.59 Å². The fraction of sp³-hybridized carbons (Fsp3) is 0.227. The van der Waals surface area contributed by atoms with Crippen LogP contribution >= 0.6 is 0 Å².